The van der Waals surface area contributed by atoms with Gasteiger partial charge in [0.25, 0.3) is 0 Å². The number of rotatable bonds is 5. The zero-order valence-electron chi connectivity index (χ0n) is 14.4. The van der Waals surface area contributed by atoms with E-state index in [-0.39, 0.29) is 6.61 Å². The first-order valence-electron chi connectivity index (χ1n) is 7.93. The highest BCUT2D eigenvalue weighted by molar-refractivity contribution is 6.06. The summed E-state index contributed by atoms with van der Waals surface area (Å²) in [6.07, 6.45) is 1.55. The predicted molar refractivity (Wildman–Crippen MR) is 100 cm³/mol. The second-order valence-corrected chi connectivity index (χ2v) is 5.12. The Morgan fingerprint density at radius 3 is 2.40 bits per heavy atom. The molecule has 2 aromatic carbocycles. The first-order chi connectivity index (χ1) is 12.2. The number of hydrogen-bond acceptors (Lipinski definition) is 3. The van der Waals surface area contributed by atoms with Crippen molar-refractivity contribution in [1.82, 2.24) is 0 Å². The third-order valence-corrected chi connectivity index (χ3v) is 3.47. The van der Waals surface area contributed by atoms with Crippen molar-refractivity contribution < 1.29 is 14.3 Å². The molecule has 0 amide bonds. The van der Waals surface area contributed by atoms with Gasteiger partial charge in [-0.1, -0.05) is 48.8 Å². The van der Waals surface area contributed by atoms with Crippen LogP contribution in [-0.4, -0.2) is 19.7 Å². The molecule has 0 aliphatic heterocycles. The molecule has 3 nitrogen and oxygen atoms in total. The Balaban J connectivity index is 2.31. The SMILES string of the molecule is C=C(/C(=C/C#Cc1ccccc1)C(=O)OCC)c1ccc(OC)cc1. The van der Waals surface area contributed by atoms with Gasteiger partial charge in [0.2, 0.25) is 0 Å². The van der Waals surface area contributed by atoms with Crippen LogP contribution >= 0.6 is 0 Å². The van der Waals surface area contributed by atoms with Crippen LogP contribution in [0, 0.1) is 11.8 Å². The van der Waals surface area contributed by atoms with Crippen LogP contribution < -0.4 is 4.74 Å². The maximum Gasteiger partial charge on any atom is 0.339 e. The van der Waals surface area contributed by atoms with Crippen LogP contribution in [0.2, 0.25) is 0 Å². The quantitative estimate of drug-likeness (QED) is 0.355. The zero-order chi connectivity index (χ0) is 18.1. The Kier molecular flexibility index (Phi) is 6.62. The first-order valence-corrected chi connectivity index (χ1v) is 7.93. The third-order valence-electron chi connectivity index (χ3n) is 3.47. The van der Waals surface area contributed by atoms with Crippen molar-refractivity contribution in [3.05, 3.63) is 84.0 Å². The molecule has 0 bridgehead atoms. The van der Waals surface area contributed by atoms with Crippen molar-refractivity contribution in [2.75, 3.05) is 13.7 Å². The summed E-state index contributed by atoms with van der Waals surface area (Å²) >= 11 is 0. The van der Waals surface area contributed by atoms with E-state index in [2.05, 4.69) is 18.4 Å². The van der Waals surface area contributed by atoms with E-state index < -0.39 is 5.97 Å². The highest BCUT2D eigenvalue weighted by Crippen LogP contribution is 2.24. The van der Waals surface area contributed by atoms with Crippen LogP contribution in [0.4, 0.5) is 0 Å². The molecule has 0 unspecified atom stereocenters. The lowest BCUT2D eigenvalue weighted by Crippen LogP contribution is -2.09. The van der Waals surface area contributed by atoms with Gasteiger partial charge in [0.05, 0.1) is 19.3 Å². The molecule has 0 atom stereocenters. The van der Waals surface area contributed by atoms with Gasteiger partial charge in [-0.25, -0.2) is 4.79 Å². The van der Waals surface area contributed by atoms with Crippen LogP contribution in [-0.2, 0) is 9.53 Å². The van der Waals surface area contributed by atoms with Crippen LogP contribution in [0.25, 0.3) is 5.57 Å². The van der Waals surface area contributed by atoms with Gasteiger partial charge in [0.15, 0.2) is 0 Å². The molecule has 126 valence electrons. The van der Waals surface area contributed by atoms with Gasteiger partial charge < -0.3 is 9.47 Å². The number of carbonyl (C=O) groups excluding carboxylic acids is 1. The van der Waals surface area contributed by atoms with Gasteiger partial charge in [-0.3, -0.25) is 0 Å². The fraction of sp³-hybridized carbons (Fsp3) is 0.136. The van der Waals surface area contributed by atoms with Crippen molar-refractivity contribution in [1.29, 1.82) is 0 Å². The van der Waals surface area contributed by atoms with Crippen molar-refractivity contribution in [3.8, 4) is 17.6 Å². The highest BCUT2D eigenvalue weighted by atomic mass is 16.5. The van der Waals surface area contributed by atoms with Crippen LogP contribution in [0.5, 0.6) is 5.75 Å². The molecule has 0 aromatic heterocycles. The Morgan fingerprint density at radius 2 is 1.80 bits per heavy atom. The minimum Gasteiger partial charge on any atom is -0.497 e. The molecule has 2 rings (SSSR count). The number of benzene rings is 2. The summed E-state index contributed by atoms with van der Waals surface area (Å²) in [5, 5.41) is 0. The number of allylic oxidation sites excluding steroid dienone is 1. The maximum absolute atomic E-state index is 12.3. The topological polar surface area (TPSA) is 35.5 Å². The van der Waals surface area contributed by atoms with E-state index in [1.807, 2.05) is 54.6 Å². The fourth-order valence-corrected chi connectivity index (χ4v) is 2.14. The van der Waals surface area contributed by atoms with Gasteiger partial charge in [-0.15, -0.1) is 0 Å². The van der Waals surface area contributed by atoms with Gasteiger partial charge in [0.1, 0.15) is 5.75 Å². The number of methoxy groups -OCH3 is 1. The molecule has 2 aromatic rings. The average Bonchev–Trinajstić information content (AvgIpc) is 2.66. The molecular formula is C22H20O3. The molecule has 0 N–H and O–H groups in total. The molecule has 0 aliphatic carbocycles. The molecule has 0 fully saturated rings. The summed E-state index contributed by atoms with van der Waals surface area (Å²) in [4.78, 5) is 12.3. The van der Waals surface area contributed by atoms with Crippen LogP contribution in [0.15, 0.2) is 72.8 Å². The second-order valence-electron chi connectivity index (χ2n) is 5.12. The molecule has 0 spiro atoms. The van der Waals surface area contributed by atoms with E-state index in [4.69, 9.17) is 9.47 Å². The fourth-order valence-electron chi connectivity index (χ4n) is 2.14. The van der Waals surface area contributed by atoms with E-state index in [0.717, 1.165) is 16.9 Å². The normalized spacial score (nSPS) is 10.4. The number of ether oxygens (including phenoxy) is 2. The van der Waals surface area contributed by atoms with Gasteiger partial charge >= 0.3 is 5.97 Å². The lowest BCUT2D eigenvalue weighted by atomic mass is 9.99. The minimum absolute atomic E-state index is 0.290. The monoisotopic (exact) mass is 332 g/mol. The zero-order valence-corrected chi connectivity index (χ0v) is 14.4. The Bertz CT molecular complexity index is 819. The summed E-state index contributed by atoms with van der Waals surface area (Å²) in [7, 11) is 1.60. The van der Waals surface area contributed by atoms with Crippen molar-refractivity contribution in [2.24, 2.45) is 0 Å². The van der Waals surface area contributed by atoms with Crippen LogP contribution in [0.3, 0.4) is 0 Å². The standard InChI is InChI=1S/C22H20O3/c1-4-25-22(23)21(12-8-11-18-9-6-5-7-10-18)17(2)19-13-15-20(24-3)16-14-19/h5-7,9-10,12-16H,2,4H2,1,3H3/b21-12-. The lowest BCUT2D eigenvalue weighted by molar-refractivity contribution is -0.137. The molecule has 0 heterocycles. The van der Waals surface area contributed by atoms with Crippen molar-refractivity contribution >= 4 is 11.5 Å². The van der Waals surface area contributed by atoms with E-state index >= 15 is 0 Å². The highest BCUT2D eigenvalue weighted by Gasteiger charge is 2.15. The summed E-state index contributed by atoms with van der Waals surface area (Å²) in [5.74, 6) is 6.22. The van der Waals surface area contributed by atoms with Gasteiger partial charge in [0, 0.05) is 11.6 Å². The summed E-state index contributed by atoms with van der Waals surface area (Å²) in [6.45, 7) is 6.09. The second kappa shape index (κ2) is 9.14. The van der Waals surface area contributed by atoms with Gasteiger partial charge in [-0.2, -0.15) is 0 Å². The average molecular weight is 332 g/mol. The van der Waals surface area contributed by atoms with Crippen molar-refractivity contribution in [2.45, 2.75) is 6.92 Å². The summed E-state index contributed by atoms with van der Waals surface area (Å²) in [6, 6.07) is 16.9. The van der Waals surface area contributed by atoms with Crippen LogP contribution in [0.1, 0.15) is 18.1 Å². The largest absolute Gasteiger partial charge is 0.497 e. The Hall–Kier alpha value is -3.25. The molecule has 25 heavy (non-hydrogen) atoms. The predicted octanol–water partition coefficient (Wildman–Crippen LogP) is 4.25. The third kappa shape index (κ3) is 5.12. The Labute approximate surface area is 148 Å². The minimum atomic E-state index is -0.439. The smallest absolute Gasteiger partial charge is 0.339 e. The lowest BCUT2D eigenvalue weighted by Gasteiger charge is -2.10. The van der Waals surface area contributed by atoms with E-state index in [9.17, 15) is 4.79 Å². The molecule has 0 aliphatic rings. The number of hydrogen-bond donors (Lipinski definition) is 0. The van der Waals surface area contributed by atoms with E-state index in [0.29, 0.717) is 11.1 Å². The van der Waals surface area contributed by atoms with E-state index in [1.54, 1.807) is 20.1 Å². The number of carbonyl (C=O) groups is 1. The Morgan fingerprint density at radius 1 is 1.12 bits per heavy atom. The first kappa shape index (κ1) is 18.1. The molecule has 0 saturated carbocycles. The number of esters is 1. The summed E-state index contributed by atoms with van der Waals surface area (Å²) < 4.78 is 10.3. The summed E-state index contributed by atoms with van der Waals surface area (Å²) in [5.41, 5.74) is 2.58. The maximum atomic E-state index is 12.3. The molecule has 0 saturated heterocycles. The van der Waals surface area contributed by atoms with Crippen molar-refractivity contribution in [3.63, 3.8) is 0 Å². The molecular weight excluding hydrogens is 312 g/mol. The molecule has 3 heteroatoms. The van der Waals surface area contributed by atoms with E-state index in [1.165, 1.54) is 0 Å². The molecule has 0 radical (unpaired) electrons. The van der Waals surface area contributed by atoms with Gasteiger partial charge in [-0.05, 0) is 42.3 Å².